The summed E-state index contributed by atoms with van der Waals surface area (Å²) in [6, 6.07) is 3.02. The second kappa shape index (κ2) is 9.30. The number of benzene rings is 1. The van der Waals surface area contributed by atoms with Gasteiger partial charge in [-0.1, -0.05) is 11.6 Å². The molecule has 0 heterocycles. The average molecular weight is 350 g/mol. The van der Waals surface area contributed by atoms with Gasteiger partial charge in [0, 0.05) is 32.5 Å². The molecule has 1 aliphatic carbocycles. The number of anilines is 1. The quantitative estimate of drug-likeness (QED) is 0.762. The summed E-state index contributed by atoms with van der Waals surface area (Å²) in [6.45, 7) is 1.90. The molecular weight excluding hydrogens is 326 g/mol. The Kier molecular flexibility index (Phi) is 7.10. The molecule has 0 spiro atoms. The number of halogens is 2. The van der Waals surface area contributed by atoms with E-state index in [1.165, 1.54) is 31.4 Å². The van der Waals surface area contributed by atoms with Crippen LogP contribution < -0.4 is 10.2 Å². The lowest BCUT2D eigenvalue weighted by Gasteiger charge is -2.21. The van der Waals surface area contributed by atoms with Crippen LogP contribution in [0.3, 0.4) is 0 Å². The molecular formula is C19H24F2N2O2. The van der Waals surface area contributed by atoms with Crippen molar-refractivity contribution in [3.8, 4) is 0 Å². The Morgan fingerprint density at radius 2 is 2.04 bits per heavy atom. The van der Waals surface area contributed by atoms with Crippen LogP contribution in [-0.2, 0) is 9.59 Å². The van der Waals surface area contributed by atoms with Crippen LogP contribution >= 0.6 is 0 Å². The normalized spacial score (nSPS) is 14.0. The molecule has 1 aliphatic rings. The van der Waals surface area contributed by atoms with Crippen molar-refractivity contribution in [3.05, 3.63) is 41.5 Å². The van der Waals surface area contributed by atoms with Crippen molar-refractivity contribution < 1.29 is 18.4 Å². The lowest BCUT2D eigenvalue weighted by molar-refractivity contribution is -0.121. The summed E-state index contributed by atoms with van der Waals surface area (Å²) in [5.74, 6) is -2.12. The number of nitrogens with one attached hydrogen (secondary N) is 1. The third-order valence-corrected chi connectivity index (χ3v) is 4.30. The van der Waals surface area contributed by atoms with Crippen LogP contribution in [-0.4, -0.2) is 24.9 Å². The molecule has 0 radical (unpaired) electrons. The SMILES string of the molecule is CC(=O)N(CCC(=O)NCCC1=CCCCC1)c1ccc(F)cc1F. The molecule has 0 saturated heterocycles. The monoisotopic (exact) mass is 350 g/mol. The van der Waals surface area contributed by atoms with Gasteiger partial charge in [0.05, 0.1) is 5.69 Å². The van der Waals surface area contributed by atoms with E-state index in [-0.39, 0.29) is 24.6 Å². The summed E-state index contributed by atoms with van der Waals surface area (Å²) in [4.78, 5) is 24.9. The van der Waals surface area contributed by atoms with E-state index in [2.05, 4.69) is 11.4 Å². The molecule has 4 nitrogen and oxygen atoms in total. The zero-order chi connectivity index (χ0) is 18.2. The first kappa shape index (κ1) is 19.1. The highest BCUT2D eigenvalue weighted by atomic mass is 19.1. The largest absolute Gasteiger partial charge is 0.356 e. The number of hydrogen-bond acceptors (Lipinski definition) is 2. The lowest BCUT2D eigenvalue weighted by Crippen LogP contribution is -2.34. The first-order valence-electron chi connectivity index (χ1n) is 8.65. The average Bonchev–Trinajstić information content (AvgIpc) is 2.57. The molecule has 0 atom stereocenters. The summed E-state index contributed by atoms with van der Waals surface area (Å²) in [5, 5.41) is 2.83. The van der Waals surface area contributed by atoms with E-state index in [1.807, 2.05) is 0 Å². The Balaban J connectivity index is 1.83. The van der Waals surface area contributed by atoms with Crippen LogP contribution in [0.4, 0.5) is 14.5 Å². The second-order valence-electron chi connectivity index (χ2n) is 6.22. The summed E-state index contributed by atoms with van der Waals surface area (Å²) in [6.07, 6.45) is 7.79. The van der Waals surface area contributed by atoms with Crippen molar-refractivity contribution in [2.75, 3.05) is 18.0 Å². The van der Waals surface area contributed by atoms with Crippen LogP contribution in [0, 0.1) is 11.6 Å². The van der Waals surface area contributed by atoms with Crippen LogP contribution in [0.1, 0.15) is 45.4 Å². The minimum Gasteiger partial charge on any atom is -0.356 e. The Hall–Kier alpha value is -2.24. The van der Waals surface area contributed by atoms with Gasteiger partial charge >= 0.3 is 0 Å². The van der Waals surface area contributed by atoms with E-state index in [0.717, 1.165) is 36.3 Å². The molecule has 0 saturated carbocycles. The number of allylic oxidation sites excluding steroid dienone is 1. The zero-order valence-corrected chi connectivity index (χ0v) is 14.5. The summed E-state index contributed by atoms with van der Waals surface area (Å²) < 4.78 is 26.9. The number of amides is 2. The van der Waals surface area contributed by atoms with E-state index in [0.29, 0.717) is 6.54 Å². The first-order chi connectivity index (χ1) is 12.0. The minimum absolute atomic E-state index is 0.0194. The fraction of sp³-hybridized carbons (Fsp3) is 0.474. The summed E-state index contributed by atoms with van der Waals surface area (Å²) in [7, 11) is 0. The maximum absolute atomic E-state index is 13.9. The standard InChI is InChI=1S/C19H24F2N2O2/c1-14(24)23(18-8-7-16(20)13-17(18)21)12-10-19(25)22-11-9-15-5-3-2-4-6-15/h5,7-8,13H,2-4,6,9-12H2,1H3,(H,22,25). The van der Waals surface area contributed by atoms with Gasteiger partial charge in [-0.15, -0.1) is 0 Å². The van der Waals surface area contributed by atoms with Crippen LogP contribution in [0.2, 0.25) is 0 Å². The molecule has 2 amide bonds. The van der Waals surface area contributed by atoms with Gasteiger partial charge in [-0.25, -0.2) is 8.78 Å². The van der Waals surface area contributed by atoms with E-state index in [4.69, 9.17) is 0 Å². The van der Waals surface area contributed by atoms with Crippen molar-refractivity contribution in [3.63, 3.8) is 0 Å². The zero-order valence-electron chi connectivity index (χ0n) is 14.5. The number of nitrogens with zero attached hydrogens (tertiary/aromatic N) is 1. The van der Waals surface area contributed by atoms with Crippen LogP contribution in [0.5, 0.6) is 0 Å². The highest BCUT2D eigenvalue weighted by Gasteiger charge is 2.17. The highest BCUT2D eigenvalue weighted by Crippen LogP contribution is 2.21. The molecule has 1 aromatic rings. The fourth-order valence-electron chi connectivity index (χ4n) is 2.94. The van der Waals surface area contributed by atoms with Crippen LogP contribution in [0.25, 0.3) is 0 Å². The van der Waals surface area contributed by atoms with Gasteiger partial charge < -0.3 is 10.2 Å². The van der Waals surface area contributed by atoms with Crippen molar-refractivity contribution in [1.82, 2.24) is 5.32 Å². The number of carbonyl (C=O) groups excluding carboxylic acids is 2. The van der Waals surface area contributed by atoms with Gasteiger partial charge in [-0.3, -0.25) is 9.59 Å². The Morgan fingerprint density at radius 3 is 2.68 bits per heavy atom. The lowest BCUT2D eigenvalue weighted by atomic mass is 9.97. The Morgan fingerprint density at radius 1 is 1.24 bits per heavy atom. The minimum atomic E-state index is -0.820. The van der Waals surface area contributed by atoms with Gasteiger partial charge in [0.25, 0.3) is 0 Å². The third kappa shape index (κ3) is 5.96. The van der Waals surface area contributed by atoms with E-state index in [1.54, 1.807) is 0 Å². The molecule has 136 valence electrons. The summed E-state index contributed by atoms with van der Waals surface area (Å²) in [5.41, 5.74) is 1.36. The van der Waals surface area contributed by atoms with Gasteiger partial charge in [-0.05, 0) is 44.2 Å². The topological polar surface area (TPSA) is 49.4 Å². The van der Waals surface area contributed by atoms with Crippen molar-refractivity contribution in [1.29, 1.82) is 0 Å². The molecule has 6 heteroatoms. The van der Waals surface area contributed by atoms with E-state index >= 15 is 0 Å². The number of hydrogen-bond donors (Lipinski definition) is 1. The van der Waals surface area contributed by atoms with Crippen molar-refractivity contribution in [2.45, 2.75) is 45.4 Å². The predicted octanol–water partition coefficient (Wildman–Crippen LogP) is 3.71. The molecule has 0 aromatic heterocycles. The van der Waals surface area contributed by atoms with Gasteiger partial charge in [0.2, 0.25) is 11.8 Å². The fourth-order valence-corrected chi connectivity index (χ4v) is 2.94. The molecule has 25 heavy (non-hydrogen) atoms. The molecule has 2 rings (SSSR count). The summed E-state index contributed by atoms with van der Waals surface area (Å²) >= 11 is 0. The third-order valence-electron chi connectivity index (χ3n) is 4.30. The molecule has 1 N–H and O–H groups in total. The van der Waals surface area contributed by atoms with E-state index < -0.39 is 17.5 Å². The predicted molar refractivity (Wildman–Crippen MR) is 93.2 cm³/mol. The van der Waals surface area contributed by atoms with Gasteiger partial charge in [0.15, 0.2) is 0 Å². The molecule has 0 bridgehead atoms. The molecule has 0 aliphatic heterocycles. The Labute approximate surface area is 146 Å². The van der Waals surface area contributed by atoms with Crippen molar-refractivity contribution in [2.24, 2.45) is 0 Å². The van der Waals surface area contributed by atoms with Gasteiger partial charge in [0.1, 0.15) is 11.6 Å². The number of rotatable bonds is 7. The molecule has 1 aromatic carbocycles. The van der Waals surface area contributed by atoms with E-state index in [9.17, 15) is 18.4 Å². The van der Waals surface area contributed by atoms with Crippen LogP contribution in [0.15, 0.2) is 29.8 Å². The van der Waals surface area contributed by atoms with Gasteiger partial charge in [-0.2, -0.15) is 0 Å². The Bertz CT molecular complexity index is 659. The van der Waals surface area contributed by atoms with Crippen molar-refractivity contribution >= 4 is 17.5 Å². The first-order valence-corrected chi connectivity index (χ1v) is 8.65. The maximum atomic E-state index is 13.9. The highest BCUT2D eigenvalue weighted by molar-refractivity contribution is 5.92. The molecule has 0 unspecified atom stereocenters. The smallest absolute Gasteiger partial charge is 0.223 e. The number of carbonyl (C=O) groups is 2. The second-order valence-corrected chi connectivity index (χ2v) is 6.22. The maximum Gasteiger partial charge on any atom is 0.223 e. The molecule has 0 fully saturated rings.